The second kappa shape index (κ2) is 5.13. The van der Waals surface area contributed by atoms with E-state index >= 15 is 0 Å². The molecule has 0 unspecified atom stereocenters. The van der Waals surface area contributed by atoms with Gasteiger partial charge in [0, 0.05) is 12.1 Å². The quantitative estimate of drug-likeness (QED) is 0.852. The standard InChI is InChI=1S/C13H19N5O/c1-9-13(10(2)19-16-9)8-18-7-12(15-17-18)6-14-5-11-3-4-11/h7,11,14H,3-6,8H2,1-2H3. The van der Waals surface area contributed by atoms with Gasteiger partial charge in [0.25, 0.3) is 0 Å². The minimum atomic E-state index is 0.663. The summed E-state index contributed by atoms with van der Waals surface area (Å²) in [5.74, 6) is 1.73. The highest BCUT2D eigenvalue weighted by Crippen LogP contribution is 2.27. The van der Waals surface area contributed by atoms with E-state index in [2.05, 4.69) is 20.8 Å². The Hall–Kier alpha value is -1.69. The Morgan fingerprint density at radius 1 is 1.42 bits per heavy atom. The molecular weight excluding hydrogens is 242 g/mol. The largest absolute Gasteiger partial charge is 0.361 e. The average Bonchev–Trinajstić information content (AvgIpc) is 3.03. The molecule has 1 saturated carbocycles. The molecule has 2 heterocycles. The Bertz CT molecular complexity index is 536. The van der Waals surface area contributed by atoms with Gasteiger partial charge in [-0.3, -0.25) is 0 Å². The van der Waals surface area contributed by atoms with Crippen molar-refractivity contribution < 1.29 is 4.52 Å². The molecule has 0 aromatic carbocycles. The van der Waals surface area contributed by atoms with Gasteiger partial charge in [0.05, 0.1) is 24.1 Å². The minimum absolute atomic E-state index is 0.663. The van der Waals surface area contributed by atoms with Crippen LogP contribution in [0.1, 0.15) is 35.6 Å². The van der Waals surface area contributed by atoms with Crippen molar-refractivity contribution in [2.24, 2.45) is 5.92 Å². The van der Waals surface area contributed by atoms with Crippen LogP contribution in [0.5, 0.6) is 0 Å². The molecule has 1 N–H and O–H groups in total. The molecule has 6 nitrogen and oxygen atoms in total. The number of rotatable bonds is 6. The first-order valence-corrected chi connectivity index (χ1v) is 6.74. The topological polar surface area (TPSA) is 68.8 Å². The fourth-order valence-corrected chi connectivity index (χ4v) is 2.11. The van der Waals surface area contributed by atoms with Crippen molar-refractivity contribution >= 4 is 0 Å². The van der Waals surface area contributed by atoms with E-state index in [-0.39, 0.29) is 0 Å². The number of nitrogens with zero attached hydrogens (tertiary/aromatic N) is 4. The summed E-state index contributed by atoms with van der Waals surface area (Å²) in [6.45, 7) is 6.41. The predicted octanol–water partition coefficient (Wildman–Crippen LogP) is 1.43. The van der Waals surface area contributed by atoms with E-state index in [4.69, 9.17) is 4.52 Å². The van der Waals surface area contributed by atoms with Crippen LogP contribution in [0.15, 0.2) is 10.7 Å². The summed E-state index contributed by atoms with van der Waals surface area (Å²) in [4.78, 5) is 0. The van der Waals surface area contributed by atoms with Gasteiger partial charge in [-0.1, -0.05) is 10.4 Å². The van der Waals surface area contributed by atoms with Crippen molar-refractivity contribution in [1.82, 2.24) is 25.5 Å². The van der Waals surface area contributed by atoms with Crippen LogP contribution in [0.3, 0.4) is 0 Å². The molecule has 1 aliphatic carbocycles. The zero-order valence-corrected chi connectivity index (χ0v) is 11.4. The van der Waals surface area contributed by atoms with Crippen LogP contribution >= 0.6 is 0 Å². The van der Waals surface area contributed by atoms with Gasteiger partial charge in [0.2, 0.25) is 0 Å². The van der Waals surface area contributed by atoms with Crippen LogP contribution in [0.25, 0.3) is 0 Å². The summed E-state index contributed by atoms with van der Waals surface area (Å²) in [5.41, 5.74) is 2.98. The van der Waals surface area contributed by atoms with Gasteiger partial charge in [-0.2, -0.15) is 0 Å². The Morgan fingerprint density at radius 2 is 2.26 bits per heavy atom. The maximum absolute atomic E-state index is 5.15. The highest BCUT2D eigenvalue weighted by molar-refractivity contribution is 5.20. The van der Waals surface area contributed by atoms with Gasteiger partial charge in [0.1, 0.15) is 5.76 Å². The van der Waals surface area contributed by atoms with E-state index in [9.17, 15) is 0 Å². The van der Waals surface area contributed by atoms with Gasteiger partial charge >= 0.3 is 0 Å². The molecule has 0 amide bonds. The van der Waals surface area contributed by atoms with Crippen molar-refractivity contribution in [1.29, 1.82) is 0 Å². The first-order valence-electron chi connectivity index (χ1n) is 6.74. The van der Waals surface area contributed by atoms with E-state index in [1.807, 2.05) is 24.7 Å². The van der Waals surface area contributed by atoms with E-state index in [1.165, 1.54) is 12.8 Å². The summed E-state index contributed by atoms with van der Waals surface area (Å²) < 4.78 is 6.98. The Labute approximate surface area is 112 Å². The van der Waals surface area contributed by atoms with E-state index in [0.717, 1.165) is 41.7 Å². The van der Waals surface area contributed by atoms with Crippen molar-refractivity contribution in [3.8, 4) is 0 Å². The Kier molecular flexibility index (Phi) is 3.33. The SMILES string of the molecule is Cc1noc(C)c1Cn1cc(CNCC2CC2)nn1. The molecule has 0 bridgehead atoms. The maximum atomic E-state index is 5.15. The fourth-order valence-electron chi connectivity index (χ4n) is 2.11. The van der Waals surface area contributed by atoms with Crippen LogP contribution in [0.2, 0.25) is 0 Å². The smallest absolute Gasteiger partial charge is 0.138 e. The van der Waals surface area contributed by atoms with Crippen LogP contribution in [-0.4, -0.2) is 26.7 Å². The van der Waals surface area contributed by atoms with Crippen molar-refractivity contribution in [3.63, 3.8) is 0 Å². The zero-order valence-electron chi connectivity index (χ0n) is 11.4. The molecule has 0 atom stereocenters. The minimum Gasteiger partial charge on any atom is -0.361 e. The Balaban J connectivity index is 1.57. The molecule has 2 aromatic rings. The molecular formula is C13H19N5O. The third kappa shape index (κ3) is 3.01. The van der Waals surface area contributed by atoms with Crippen LogP contribution < -0.4 is 5.32 Å². The number of aryl methyl sites for hydroxylation is 2. The highest BCUT2D eigenvalue weighted by atomic mass is 16.5. The summed E-state index contributed by atoms with van der Waals surface area (Å²) in [6.07, 6.45) is 4.71. The molecule has 2 aromatic heterocycles. The van der Waals surface area contributed by atoms with Crippen molar-refractivity contribution in [2.75, 3.05) is 6.54 Å². The number of aromatic nitrogens is 4. The van der Waals surface area contributed by atoms with Gasteiger partial charge in [-0.05, 0) is 39.2 Å². The fraction of sp³-hybridized carbons (Fsp3) is 0.615. The first-order chi connectivity index (χ1) is 9.22. The van der Waals surface area contributed by atoms with Crippen LogP contribution in [0, 0.1) is 19.8 Å². The summed E-state index contributed by atoms with van der Waals surface area (Å²) in [5, 5.41) is 15.7. The number of hydrogen-bond acceptors (Lipinski definition) is 5. The Morgan fingerprint density at radius 3 is 2.95 bits per heavy atom. The maximum Gasteiger partial charge on any atom is 0.138 e. The van der Waals surface area contributed by atoms with Gasteiger partial charge < -0.3 is 9.84 Å². The molecule has 0 spiro atoms. The normalized spacial score (nSPS) is 15.1. The van der Waals surface area contributed by atoms with Gasteiger partial charge in [0.15, 0.2) is 0 Å². The summed E-state index contributed by atoms with van der Waals surface area (Å²) in [6, 6.07) is 0. The van der Waals surface area contributed by atoms with Gasteiger partial charge in [-0.15, -0.1) is 5.10 Å². The van der Waals surface area contributed by atoms with Crippen molar-refractivity contribution in [2.45, 2.75) is 39.8 Å². The van der Waals surface area contributed by atoms with Crippen molar-refractivity contribution in [3.05, 3.63) is 28.9 Å². The lowest BCUT2D eigenvalue weighted by Crippen LogP contribution is -2.16. The zero-order chi connectivity index (χ0) is 13.2. The second-order valence-corrected chi connectivity index (χ2v) is 5.28. The van der Waals surface area contributed by atoms with E-state index in [0.29, 0.717) is 6.54 Å². The lowest BCUT2D eigenvalue weighted by molar-refractivity contribution is 0.391. The van der Waals surface area contributed by atoms with E-state index < -0.39 is 0 Å². The molecule has 6 heteroatoms. The summed E-state index contributed by atoms with van der Waals surface area (Å²) in [7, 11) is 0. The molecule has 3 rings (SSSR count). The summed E-state index contributed by atoms with van der Waals surface area (Å²) >= 11 is 0. The monoisotopic (exact) mass is 261 g/mol. The first kappa shape index (κ1) is 12.3. The van der Waals surface area contributed by atoms with Crippen LogP contribution in [0.4, 0.5) is 0 Å². The molecule has 19 heavy (non-hydrogen) atoms. The lowest BCUT2D eigenvalue weighted by Gasteiger charge is -2.00. The molecule has 1 fully saturated rings. The molecule has 0 saturated heterocycles. The number of nitrogens with one attached hydrogen (secondary N) is 1. The van der Waals surface area contributed by atoms with Crippen LogP contribution in [-0.2, 0) is 13.1 Å². The van der Waals surface area contributed by atoms with E-state index in [1.54, 1.807) is 0 Å². The third-order valence-corrected chi connectivity index (χ3v) is 3.52. The third-order valence-electron chi connectivity index (χ3n) is 3.52. The molecule has 0 radical (unpaired) electrons. The predicted molar refractivity (Wildman–Crippen MR) is 69.5 cm³/mol. The lowest BCUT2D eigenvalue weighted by atomic mass is 10.2. The molecule has 102 valence electrons. The average molecular weight is 261 g/mol. The second-order valence-electron chi connectivity index (χ2n) is 5.28. The molecule has 0 aliphatic heterocycles. The number of hydrogen-bond donors (Lipinski definition) is 1. The highest BCUT2D eigenvalue weighted by Gasteiger charge is 2.20. The molecule has 1 aliphatic rings. The van der Waals surface area contributed by atoms with Gasteiger partial charge in [-0.25, -0.2) is 4.68 Å².